The van der Waals surface area contributed by atoms with E-state index in [-0.39, 0.29) is 0 Å². The highest BCUT2D eigenvalue weighted by Crippen LogP contribution is 2.30. The zero-order chi connectivity index (χ0) is 16.1. The smallest absolute Gasteiger partial charge is 0.152 e. The van der Waals surface area contributed by atoms with Crippen LogP contribution in [-0.4, -0.2) is 12.3 Å². The van der Waals surface area contributed by atoms with E-state index in [1.165, 1.54) is 0 Å². The number of hydrogen-bond acceptors (Lipinski definition) is 4. The Balaban J connectivity index is 1.80. The predicted octanol–water partition coefficient (Wildman–Crippen LogP) is 4.67. The highest BCUT2D eigenvalue weighted by atomic mass is 35.5. The van der Waals surface area contributed by atoms with E-state index in [0.717, 1.165) is 22.6 Å². The second-order valence-corrected chi connectivity index (χ2v) is 5.22. The molecule has 0 unspecified atom stereocenters. The summed E-state index contributed by atoms with van der Waals surface area (Å²) >= 11 is 5.76. The second kappa shape index (κ2) is 7.20. The van der Waals surface area contributed by atoms with Crippen molar-refractivity contribution in [3.8, 4) is 22.8 Å². The van der Waals surface area contributed by atoms with Gasteiger partial charge in [-0.3, -0.25) is 0 Å². The molecular formula is C18H16ClNO3. The second-order valence-electron chi connectivity index (χ2n) is 4.95. The fourth-order valence-electron chi connectivity index (χ4n) is 2.23. The lowest BCUT2D eigenvalue weighted by molar-refractivity contribution is 0.306. The monoisotopic (exact) mass is 329 g/mol. The van der Waals surface area contributed by atoms with Crippen LogP contribution in [0.15, 0.2) is 59.1 Å². The third-order valence-corrected chi connectivity index (χ3v) is 3.65. The van der Waals surface area contributed by atoms with Gasteiger partial charge in [-0.05, 0) is 29.8 Å². The van der Waals surface area contributed by atoms with Crippen LogP contribution < -0.4 is 9.47 Å². The summed E-state index contributed by atoms with van der Waals surface area (Å²) in [4.78, 5) is 0. The molecule has 0 radical (unpaired) electrons. The average Bonchev–Trinajstić information content (AvgIpc) is 3.09. The number of halogens is 1. The van der Waals surface area contributed by atoms with Gasteiger partial charge in [0.15, 0.2) is 5.76 Å². The van der Waals surface area contributed by atoms with Crippen molar-refractivity contribution < 1.29 is 14.0 Å². The highest BCUT2D eigenvalue weighted by Gasteiger charge is 2.11. The van der Waals surface area contributed by atoms with Gasteiger partial charge in [0.25, 0.3) is 0 Å². The molecule has 0 bridgehead atoms. The third-order valence-electron chi connectivity index (χ3n) is 3.38. The molecule has 3 rings (SSSR count). The number of rotatable bonds is 6. The van der Waals surface area contributed by atoms with Crippen LogP contribution >= 0.6 is 11.6 Å². The quantitative estimate of drug-likeness (QED) is 0.616. The standard InChI is InChI=1S/C18H16ClNO3/c1-21-14-6-4-5-13(9-14)12-22-18-8-3-2-7-16(18)17-10-15(11-19)23-20-17/h2-10H,11-12H2,1H3. The Bertz CT molecular complexity index is 785. The van der Waals surface area contributed by atoms with Crippen LogP contribution in [0.3, 0.4) is 0 Å². The van der Waals surface area contributed by atoms with Crippen molar-refractivity contribution in [1.82, 2.24) is 5.16 Å². The van der Waals surface area contributed by atoms with Crippen molar-refractivity contribution in [2.75, 3.05) is 7.11 Å². The van der Waals surface area contributed by atoms with E-state index in [2.05, 4.69) is 5.16 Å². The average molecular weight is 330 g/mol. The van der Waals surface area contributed by atoms with E-state index in [9.17, 15) is 0 Å². The summed E-state index contributed by atoms with van der Waals surface area (Å²) in [6.45, 7) is 0.439. The van der Waals surface area contributed by atoms with Crippen LogP contribution in [0.5, 0.6) is 11.5 Å². The minimum Gasteiger partial charge on any atom is -0.497 e. The van der Waals surface area contributed by atoms with E-state index < -0.39 is 0 Å². The van der Waals surface area contributed by atoms with Crippen molar-refractivity contribution in [1.29, 1.82) is 0 Å². The molecule has 0 fully saturated rings. The summed E-state index contributed by atoms with van der Waals surface area (Å²) < 4.78 is 16.3. The van der Waals surface area contributed by atoms with E-state index in [0.29, 0.717) is 23.9 Å². The topological polar surface area (TPSA) is 44.5 Å². The first-order chi connectivity index (χ1) is 11.3. The molecule has 0 saturated carbocycles. The maximum atomic E-state index is 5.95. The Kier molecular flexibility index (Phi) is 4.83. The first-order valence-corrected chi connectivity index (χ1v) is 7.70. The molecule has 0 saturated heterocycles. The molecule has 1 heterocycles. The molecule has 2 aromatic carbocycles. The summed E-state index contributed by atoms with van der Waals surface area (Å²) in [6, 6.07) is 17.3. The van der Waals surface area contributed by atoms with Gasteiger partial charge < -0.3 is 14.0 Å². The number of benzene rings is 2. The minimum atomic E-state index is 0.292. The minimum absolute atomic E-state index is 0.292. The molecular weight excluding hydrogens is 314 g/mol. The maximum Gasteiger partial charge on any atom is 0.152 e. The van der Waals surface area contributed by atoms with Gasteiger partial charge in [-0.2, -0.15) is 0 Å². The summed E-state index contributed by atoms with van der Waals surface area (Å²) in [6.07, 6.45) is 0. The largest absolute Gasteiger partial charge is 0.497 e. The van der Waals surface area contributed by atoms with Gasteiger partial charge in [0, 0.05) is 11.6 Å². The van der Waals surface area contributed by atoms with Crippen LogP contribution in [-0.2, 0) is 12.5 Å². The van der Waals surface area contributed by atoms with Gasteiger partial charge in [0.05, 0.1) is 13.0 Å². The number of aromatic nitrogens is 1. The Morgan fingerprint density at radius 3 is 2.74 bits per heavy atom. The van der Waals surface area contributed by atoms with Crippen LogP contribution in [0.1, 0.15) is 11.3 Å². The molecule has 3 aromatic rings. The molecule has 0 aliphatic heterocycles. The summed E-state index contributed by atoms with van der Waals surface area (Å²) in [7, 11) is 1.65. The van der Waals surface area contributed by atoms with E-state index in [1.54, 1.807) is 7.11 Å². The molecule has 23 heavy (non-hydrogen) atoms. The lowest BCUT2D eigenvalue weighted by Gasteiger charge is -2.10. The van der Waals surface area contributed by atoms with Crippen molar-refractivity contribution in [3.63, 3.8) is 0 Å². The molecule has 5 heteroatoms. The van der Waals surface area contributed by atoms with Crippen molar-refractivity contribution in [3.05, 3.63) is 65.9 Å². The molecule has 0 aliphatic rings. The van der Waals surface area contributed by atoms with Crippen LogP contribution in [0, 0.1) is 0 Å². The number of methoxy groups -OCH3 is 1. The van der Waals surface area contributed by atoms with Crippen LogP contribution in [0.4, 0.5) is 0 Å². The van der Waals surface area contributed by atoms with Crippen LogP contribution in [0.2, 0.25) is 0 Å². The lowest BCUT2D eigenvalue weighted by atomic mass is 10.1. The molecule has 0 aliphatic carbocycles. The van der Waals surface area contributed by atoms with Gasteiger partial charge in [-0.15, -0.1) is 11.6 Å². The number of ether oxygens (including phenoxy) is 2. The van der Waals surface area contributed by atoms with Gasteiger partial charge in [0.2, 0.25) is 0 Å². The maximum absolute atomic E-state index is 5.95. The third kappa shape index (κ3) is 3.66. The molecule has 1 aromatic heterocycles. The number of hydrogen-bond donors (Lipinski definition) is 0. The van der Waals surface area contributed by atoms with Crippen molar-refractivity contribution in [2.24, 2.45) is 0 Å². The zero-order valence-electron chi connectivity index (χ0n) is 12.7. The van der Waals surface area contributed by atoms with E-state index in [4.69, 9.17) is 25.6 Å². The normalized spacial score (nSPS) is 10.5. The zero-order valence-corrected chi connectivity index (χ0v) is 13.4. The number of nitrogens with zero attached hydrogens (tertiary/aromatic N) is 1. The van der Waals surface area contributed by atoms with Gasteiger partial charge in [-0.1, -0.05) is 29.4 Å². The van der Waals surface area contributed by atoms with E-state index >= 15 is 0 Å². The number of alkyl halides is 1. The first-order valence-electron chi connectivity index (χ1n) is 7.17. The van der Waals surface area contributed by atoms with Crippen LogP contribution in [0.25, 0.3) is 11.3 Å². The van der Waals surface area contributed by atoms with E-state index in [1.807, 2.05) is 54.6 Å². The summed E-state index contributed by atoms with van der Waals surface area (Å²) in [5.41, 5.74) is 2.61. The number of para-hydroxylation sites is 1. The fourth-order valence-corrected chi connectivity index (χ4v) is 2.36. The first kappa shape index (κ1) is 15.4. The summed E-state index contributed by atoms with van der Waals surface area (Å²) in [5, 5.41) is 4.04. The highest BCUT2D eigenvalue weighted by molar-refractivity contribution is 6.16. The van der Waals surface area contributed by atoms with Gasteiger partial charge in [-0.25, -0.2) is 0 Å². The Morgan fingerprint density at radius 1 is 1.09 bits per heavy atom. The molecule has 0 atom stereocenters. The lowest BCUT2D eigenvalue weighted by Crippen LogP contribution is -1.97. The SMILES string of the molecule is COc1cccc(COc2ccccc2-c2cc(CCl)on2)c1. The molecule has 0 amide bonds. The van der Waals surface area contributed by atoms with Gasteiger partial charge in [0.1, 0.15) is 23.8 Å². The van der Waals surface area contributed by atoms with Crippen molar-refractivity contribution in [2.45, 2.75) is 12.5 Å². The molecule has 0 N–H and O–H groups in total. The van der Waals surface area contributed by atoms with Crippen molar-refractivity contribution >= 4 is 11.6 Å². The fraction of sp³-hybridized carbons (Fsp3) is 0.167. The summed E-state index contributed by atoms with van der Waals surface area (Å²) in [5.74, 6) is 2.47. The Hall–Kier alpha value is -2.46. The molecule has 0 spiro atoms. The Morgan fingerprint density at radius 2 is 1.96 bits per heavy atom. The Labute approximate surface area is 139 Å². The molecule has 4 nitrogen and oxygen atoms in total. The molecule has 118 valence electrons. The van der Waals surface area contributed by atoms with Gasteiger partial charge >= 0.3 is 0 Å². The predicted molar refractivity (Wildman–Crippen MR) is 88.8 cm³/mol.